The van der Waals surface area contributed by atoms with Crippen molar-refractivity contribution in [1.29, 1.82) is 0 Å². The van der Waals surface area contributed by atoms with E-state index in [0.717, 1.165) is 30.8 Å². The fourth-order valence-electron chi connectivity index (χ4n) is 2.03. The Morgan fingerprint density at radius 2 is 2.12 bits per heavy atom. The van der Waals surface area contributed by atoms with Crippen LogP contribution in [0.25, 0.3) is 0 Å². The smallest absolute Gasteiger partial charge is 0.155 e. The predicted molar refractivity (Wildman–Crippen MR) is 66.1 cm³/mol. The van der Waals surface area contributed by atoms with Crippen LogP contribution in [0.3, 0.4) is 0 Å². The van der Waals surface area contributed by atoms with Gasteiger partial charge in [0, 0.05) is 19.6 Å². The summed E-state index contributed by atoms with van der Waals surface area (Å²) in [6.07, 6.45) is 1.96. The molecule has 0 aliphatic heterocycles. The Balaban J connectivity index is 3.23. The molecule has 16 heavy (non-hydrogen) atoms. The van der Waals surface area contributed by atoms with E-state index in [2.05, 4.69) is 30.8 Å². The first-order valence-corrected chi connectivity index (χ1v) is 5.82. The van der Waals surface area contributed by atoms with Gasteiger partial charge in [0.25, 0.3) is 0 Å². The zero-order valence-corrected chi connectivity index (χ0v) is 10.8. The fraction of sp³-hybridized carbons (Fsp3) is 0.667. The Labute approximate surface area is 97.2 Å². The minimum Gasteiger partial charge on any atom is -0.354 e. The summed E-state index contributed by atoms with van der Waals surface area (Å²) in [5.74, 6) is 0.935. The standard InChI is InChI=1S/C12H21N3O/c1-6-9(3)15(7-2)12-11(8-16)10(4)13-14(12)5/h8-9H,6-7H2,1-5H3. The molecule has 1 atom stereocenters. The van der Waals surface area contributed by atoms with Crippen LogP contribution in [0.1, 0.15) is 43.2 Å². The lowest BCUT2D eigenvalue weighted by Crippen LogP contribution is -2.34. The molecule has 1 heterocycles. The highest BCUT2D eigenvalue weighted by Gasteiger charge is 2.20. The zero-order valence-electron chi connectivity index (χ0n) is 10.8. The van der Waals surface area contributed by atoms with E-state index in [0.29, 0.717) is 11.6 Å². The van der Waals surface area contributed by atoms with Crippen molar-refractivity contribution in [3.05, 3.63) is 11.3 Å². The van der Waals surface area contributed by atoms with Crippen molar-refractivity contribution in [3.63, 3.8) is 0 Å². The minimum atomic E-state index is 0.415. The van der Waals surface area contributed by atoms with E-state index >= 15 is 0 Å². The molecule has 4 nitrogen and oxygen atoms in total. The van der Waals surface area contributed by atoms with Crippen molar-refractivity contribution in [2.45, 2.75) is 40.2 Å². The molecule has 0 aliphatic rings. The molecule has 0 saturated carbocycles. The molecule has 1 aromatic rings. The van der Waals surface area contributed by atoms with E-state index in [1.54, 1.807) is 4.68 Å². The van der Waals surface area contributed by atoms with E-state index < -0.39 is 0 Å². The average Bonchev–Trinajstić information content (AvgIpc) is 2.54. The van der Waals surface area contributed by atoms with Crippen LogP contribution in [-0.2, 0) is 7.05 Å². The van der Waals surface area contributed by atoms with Crippen LogP contribution in [-0.4, -0.2) is 28.7 Å². The largest absolute Gasteiger partial charge is 0.354 e. The molecule has 0 aromatic carbocycles. The van der Waals surface area contributed by atoms with Crippen LogP contribution in [0.2, 0.25) is 0 Å². The topological polar surface area (TPSA) is 38.1 Å². The predicted octanol–water partition coefficient (Wildman–Crippen LogP) is 2.17. The lowest BCUT2D eigenvalue weighted by atomic mass is 10.2. The number of anilines is 1. The van der Waals surface area contributed by atoms with Crippen molar-refractivity contribution >= 4 is 12.1 Å². The second-order valence-corrected chi connectivity index (χ2v) is 4.11. The molecule has 4 heteroatoms. The van der Waals surface area contributed by atoms with Gasteiger partial charge in [0.15, 0.2) is 6.29 Å². The van der Waals surface area contributed by atoms with E-state index in [-0.39, 0.29) is 0 Å². The summed E-state index contributed by atoms with van der Waals surface area (Å²) in [7, 11) is 1.89. The Hall–Kier alpha value is -1.32. The van der Waals surface area contributed by atoms with Crippen LogP contribution in [0.15, 0.2) is 0 Å². The van der Waals surface area contributed by atoms with E-state index in [1.807, 2.05) is 14.0 Å². The molecular formula is C12H21N3O. The summed E-state index contributed by atoms with van der Waals surface area (Å²) in [4.78, 5) is 13.3. The number of hydrogen-bond acceptors (Lipinski definition) is 3. The summed E-state index contributed by atoms with van der Waals surface area (Å²) in [6, 6.07) is 0.415. The molecule has 0 amide bonds. The second-order valence-electron chi connectivity index (χ2n) is 4.11. The van der Waals surface area contributed by atoms with Crippen molar-refractivity contribution < 1.29 is 4.79 Å². The average molecular weight is 223 g/mol. The maximum absolute atomic E-state index is 11.1. The van der Waals surface area contributed by atoms with Crippen molar-refractivity contribution in [3.8, 4) is 0 Å². The Kier molecular flexibility index (Phi) is 4.10. The molecule has 0 radical (unpaired) electrons. The van der Waals surface area contributed by atoms with E-state index in [4.69, 9.17) is 0 Å². The summed E-state index contributed by atoms with van der Waals surface area (Å²) in [5.41, 5.74) is 1.51. The molecule has 0 N–H and O–H groups in total. The highest BCUT2D eigenvalue weighted by Crippen LogP contribution is 2.24. The normalized spacial score (nSPS) is 12.6. The number of rotatable bonds is 5. The van der Waals surface area contributed by atoms with Crippen LogP contribution < -0.4 is 4.90 Å². The number of hydrogen-bond donors (Lipinski definition) is 0. The van der Waals surface area contributed by atoms with E-state index in [9.17, 15) is 4.79 Å². The maximum atomic E-state index is 11.1. The summed E-state index contributed by atoms with van der Waals surface area (Å²) in [6.45, 7) is 9.17. The third-order valence-corrected chi connectivity index (χ3v) is 3.09. The zero-order chi connectivity index (χ0) is 12.3. The highest BCUT2D eigenvalue weighted by atomic mass is 16.1. The summed E-state index contributed by atoms with van der Waals surface area (Å²) in [5, 5.41) is 4.31. The third kappa shape index (κ3) is 2.10. The summed E-state index contributed by atoms with van der Waals surface area (Å²) >= 11 is 0. The SMILES string of the molecule is CCC(C)N(CC)c1c(C=O)c(C)nn1C. The van der Waals surface area contributed by atoms with Crippen LogP contribution in [0, 0.1) is 6.92 Å². The summed E-state index contributed by atoms with van der Waals surface area (Å²) < 4.78 is 1.80. The first kappa shape index (κ1) is 12.7. The minimum absolute atomic E-state index is 0.415. The first-order valence-electron chi connectivity index (χ1n) is 5.82. The second kappa shape index (κ2) is 5.14. The van der Waals surface area contributed by atoms with Crippen LogP contribution in [0.4, 0.5) is 5.82 Å². The van der Waals surface area contributed by atoms with Crippen molar-refractivity contribution in [1.82, 2.24) is 9.78 Å². The van der Waals surface area contributed by atoms with Crippen molar-refractivity contribution in [2.24, 2.45) is 7.05 Å². The number of aryl methyl sites for hydroxylation is 2. The molecular weight excluding hydrogens is 202 g/mol. The first-order chi connectivity index (χ1) is 7.56. The molecule has 0 saturated heterocycles. The fourth-order valence-corrected chi connectivity index (χ4v) is 2.03. The molecule has 0 bridgehead atoms. The van der Waals surface area contributed by atoms with E-state index in [1.165, 1.54) is 0 Å². The van der Waals surface area contributed by atoms with Crippen LogP contribution in [0.5, 0.6) is 0 Å². The Bertz CT molecular complexity index is 371. The number of aldehydes is 1. The number of carbonyl (C=O) groups excluding carboxylic acids is 1. The van der Waals surface area contributed by atoms with Gasteiger partial charge in [-0.3, -0.25) is 9.48 Å². The number of aromatic nitrogens is 2. The molecule has 90 valence electrons. The van der Waals surface area contributed by atoms with Gasteiger partial charge in [0.2, 0.25) is 0 Å². The highest BCUT2D eigenvalue weighted by molar-refractivity contribution is 5.84. The van der Waals surface area contributed by atoms with Gasteiger partial charge in [0.1, 0.15) is 5.82 Å². The van der Waals surface area contributed by atoms with Gasteiger partial charge in [0.05, 0.1) is 11.3 Å². The number of carbonyl (C=O) groups is 1. The Morgan fingerprint density at radius 1 is 1.50 bits per heavy atom. The lowest BCUT2D eigenvalue weighted by molar-refractivity contribution is 0.112. The molecule has 1 rings (SSSR count). The molecule has 1 unspecified atom stereocenters. The molecule has 0 spiro atoms. The van der Waals surface area contributed by atoms with Gasteiger partial charge in [-0.05, 0) is 27.2 Å². The third-order valence-electron chi connectivity index (χ3n) is 3.09. The Morgan fingerprint density at radius 3 is 2.56 bits per heavy atom. The molecule has 1 aromatic heterocycles. The van der Waals surface area contributed by atoms with Gasteiger partial charge in [-0.25, -0.2) is 0 Å². The van der Waals surface area contributed by atoms with Gasteiger partial charge in [-0.1, -0.05) is 6.92 Å². The van der Waals surface area contributed by atoms with Gasteiger partial charge < -0.3 is 4.90 Å². The van der Waals surface area contributed by atoms with Gasteiger partial charge in [-0.15, -0.1) is 0 Å². The number of nitrogens with zero attached hydrogens (tertiary/aromatic N) is 3. The van der Waals surface area contributed by atoms with Crippen LogP contribution >= 0.6 is 0 Å². The molecule has 0 aliphatic carbocycles. The maximum Gasteiger partial charge on any atom is 0.155 e. The monoisotopic (exact) mass is 223 g/mol. The quantitative estimate of drug-likeness (QED) is 0.718. The van der Waals surface area contributed by atoms with Crippen molar-refractivity contribution in [2.75, 3.05) is 11.4 Å². The van der Waals surface area contributed by atoms with Gasteiger partial charge >= 0.3 is 0 Å². The lowest BCUT2D eigenvalue weighted by Gasteiger charge is -2.29. The molecule has 0 fully saturated rings. The van der Waals surface area contributed by atoms with Gasteiger partial charge in [-0.2, -0.15) is 5.10 Å².